The van der Waals surface area contributed by atoms with Gasteiger partial charge in [-0.1, -0.05) is 19.3 Å². The highest BCUT2D eigenvalue weighted by atomic mass is 19.1. The molecule has 2 aromatic carbocycles. The van der Waals surface area contributed by atoms with Crippen molar-refractivity contribution < 1.29 is 18.7 Å². The van der Waals surface area contributed by atoms with Crippen molar-refractivity contribution in [1.29, 1.82) is 0 Å². The number of anilines is 1. The summed E-state index contributed by atoms with van der Waals surface area (Å²) in [6.07, 6.45) is 6.09. The summed E-state index contributed by atoms with van der Waals surface area (Å²) in [5.74, 6) is 0.105. The lowest BCUT2D eigenvalue weighted by atomic mass is 9.89. The van der Waals surface area contributed by atoms with Gasteiger partial charge in [-0.05, 0) is 55.2 Å². The summed E-state index contributed by atoms with van der Waals surface area (Å²) in [7, 11) is 3.32. The van der Waals surface area contributed by atoms with E-state index in [1.54, 1.807) is 23.1 Å². The Bertz CT molecular complexity index is 861. The molecule has 0 bridgehead atoms. The molecule has 2 aromatic rings. The van der Waals surface area contributed by atoms with Crippen molar-refractivity contribution in [1.82, 2.24) is 4.90 Å². The minimum absolute atomic E-state index is 0.0937. The van der Waals surface area contributed by atoms with Crippen molar-refractivity contribution in [2.45, 2.75) is 32.1 Å². The van der Waals surface area contributed by atoms with Crippen LogP contribution in [0, 0.1) is 11.7 Å². The molecule has 29 heavy (non-hydrogen) atoms. The lowest BCUT2D eigenvalue weighted by Gasteiger charge is -2.27. The molecule has 2 amide bonds. The Morgan fingerprint density at radius 3 is 2.45 bits per heavy atom. The lowest BCUT2D eigenvalue weighted by molar-refractivity contribution is 0.0757. The van der Waals surface area contributed by atoms with Gasteiger partial charge >= 0.3 is 0 Å². The van der Waals surface area contributed by atoms with Gasteiger partial charge in [0.25, 0.3) is 11.8 Å². The number of carbonyl (C=O) groups is 2. The maximum absolute atomic E-state index is 13.0. The molecule has 0 saturated heterocycles. The van der Waals surface area contributed by atoms with Gasteiger partial charge in [0.05, 0.1) is 12.7 Å². The lowest BCUT2D eigenvalue weighted by Crippen LogP contribution is -2.32. The van der Waals surface area contributed by atoms with Crippen molar-refractivity contribution in [3.8, 4) is 5.75 Å². The molecular formula is C23H27FN2O3. The van der Waals surface area contributed by atoms with Crippen LogP contribution in [0.2, 0.25) is 0 Å². The van der Waals surface area contributed by atoms with Gasteiger partial charge < -0.3 is 15.0 Å². The van der Waals surface area contributed by atoms with E-state index in [0.29, 0.717) is 28.5 Å². The van der Waals surface area contributed by atoms with Crippen LogP contribution in [0.5, 0.6) is 5.75 Å². The quantitative estimate of drug-likeness (QED) is 0.765. The largest absolute Gasteiger partial charge is 0.496 e. The second-order valence-corrected chi connectivity index (χ2v) is 7.57. The third-order valence-electron chi connectivity index (χ3n) is 5.40. The van der Waals surface area contributed by atoms with Gasteiger partial charge in [0.15, 0.2) is 0 Å². The summed E-state index contributed by atoms with van der Waals surface area (Å²) in [6.45, 7) is 0.741. The summed E-state index contributed by atoms with van der Waals surface area (Å²) in [5.41, 5.74) is 1.31. The van der Waals surface area contributed by atoms with E-state index in [4.69, 9.17) is 4.74 Å². The standard InChI is InChI=1S/C23H27FN2O3/c1-26(15-16-6-4-3-5-7-16)23(28)20-13-12-19(14-21(20)29-2)25-22(27)17-8-10-18(24)11-9-17/h8-14,16H,3-7,15H2,1-2H3,(H,25,27). The van der Waals surface area contributed by atoms with Crippen LogP contribution in [0.3, 0.4) is 0 Å². The fourth-order valence-electron chi connectivity index (χ4n) is 3.80. The van der Waals surface area contributed by atoms with Crippen molar-refractivity contribution in [2.75, 3.05) is 26.0 Å². The number of nitrogens with zero attached hydrogens (tertiary/aromatic N) is 1. The summed E-state index contributed by atoms with van der Waals surface area (Å²) in [5, 5.41) is 2.75. The van der Waals surface area contributed by atoms with E-state index in [-0.39, 0.29) is 11.8 Å². The molecule has 154 valence electrons. The molecule has 0 unspecified atom stereocenters. The first-order valence-electron chi connectivity index (χ1n) is 9.98. The molecule has 1 aliphatic carbocycles. The maximum atomic E-state index is 13.0. The number of halogens is 1. The molecule has 5 nitrogen and oxygen atoms in total. The molecular weight excluding hydrogens is 371 g/mol. The van der Waals surface area contributed by atoms with Crippen LogP contribution in [0.4, 0.5) is 10.1 Å². The van der Waals surface area contributed by atoms with Crippen LogP contribution in [-0.2, 0) is 0 Å². The summed E-state index contributed by atoms with van der Waals surface area (Å²) in [4.78, 5) is 27.0. The topological polar surface area (TPSA) is 58.6 Å². The molecule has 1 saturated carbocycles. The highest BCUT2D eigenvalue weighted by Gasteiger charge is 2.22. The van der Waals surface area contributed by atoms with Crippen molar-refractivity contribution >= 4 is 17.5 Å². The Morgan fingerprint density at radius 1 is 1.10 bits per heavy atom. The predicted octanol–water partition coefficient (Wildman–Crippen LogP) is 4.74. The first kappa shape index (κ1) is 20.8. The molecule has 0 spiro atoms. The van der Waals surface area contributed by atoms with Crippen LogP contribution in [0.25, 0.3) is 0 Å². The Morgan fingerprint density at radius 2 is 1.79 bits per heavy atom. The third-order valence-corrected chi connectivity index (χ3v) is 5.40. The molecule has 0 atom stereocenters. The molecule has 0 aromatic heterocycles. The fourth-order valence-corrected chi connectivity index (χ4v) is 3.80. The molecule has 6 heteroatoms. The van der Waals surface area contributed by atoms with Gasteiger partial charge in [-0.3, -0.25) is 9.59 Å². The number of amides is 2. The van der Waals surface area contributed by atoms with Crippen molar-refractivity contribution in [3.63, 3.8) is 0 Å². The van der Waals surface area contributed by atoms with Gasteiger partial charge in [-0.25, -0.2) is 4.39 Å². The highest BCUT2D eigenvalue weighted by molar-refractivity contribution is 6.05. The van der Waals surface area contributed by atoms with Gasteiger partial charge in [-0.2, -0.15) is 0 Å². The Hall–Kier alpha value is -2.89. The number of hydrogen-bond acceptors (Lipinski definition) is 3. The fraction of sp³-hybridized carbons (Fsp3) is 0.391. The van der Waals surface area contributed by atoms with Crippen molar-refractivity contribution in [3.05, 3.63) is 59.4 Å². The SMILES string of the molecule is COc1cc(NC(=O)c2ccc(F)cc2)ccc1C(=O)N(C)CC1CCCCC1. The van der Waals surface area contributed by atoms with E-state index >= 15 is 0 Å². The second kappa shape index (κ2) is 9.54. The number of ether oxygens (including phenoxy) is 1. The maximum Gasteiger partial charge on any atom is 0.257 e. The Balaban J connectivity index is 1.69. The molecule has 3 rings (SSSR count). The number of carbonyl (C=O) groups excluding carboxylic acids is 2. The van der Waals surface area contributed by atoms with Crippen LogP contribution in [0.15, 0.2) is 42.5 Å². The average molecular weight is 398 g/mol. The zero-order valence-electron chi connectivity index (χ0n) is 16.9. The first-order chi connectivity index (χ1) is 14.0. The van der Waals surface area contributed by atoms with Gasteiger partial charge in [0.1, 0.15) is 11.6 Å². The zero-order valence-corrected chi connectivity index (χ0v) is 16.9. The van der Waals surface area contributed by atoms with Gasteiger partial charge in [0.2, 0.25) is 0 Å². The Kier molecular flexibility index (Phi) is 6.86. The number of hydrogen-bond donors (Lipinski definition) is 1. The molecule has 0 radical (unpaired) electrons. The van der Waals surface area contributed by atoms with Gasteiger partial charge in [-0.15, -0.1) is 0 Å². The van der Waals surface area contributed by atoms with E-state index < -0.39 is 5.82 Å². The number of methoxy groups -OCH3 is 1. The molecule has 1 fully saturated rings. The van der Waals surface area contributed by atoms with Crippen LogP contribution in [0.1, 0.15) is 52.8 Å². The van der Waals surface area contributed by atoms with Crippen LogP contribution < -0.4 is 10.1 Å². The normalized spacial score (nSPS) is 14.3. The first-order valence-corrected chi connectivity index (χ1v) is 9.98. The van der Waals surface area contributed by atoms with Crippen LogP contribution >= 0.6 is 0 Å². The molecule has 1 aliphatic rings. The van der Waals surface area contributed by atoms with E-state index in [0.717, 1.165) is 6.54 Å². The highest BCUT2D eigenvalue weighted by Crippen LogP contribution is 2.27. The van der Waals surface area contributed by atoms with Crippen LogP contribution in [-0.4, -0.2) is 37.4 Å². The molecule has 1 N–H and O–H groups in total. The predicted molar refractivity (Wildman–Crippen MR) is 111 cm³/mol. The zero-order chi connectivity index (χ0) is 20.8. The van der Waals surface area contributed by atoms with E-state index in [2.05, 4.69) is 5.32 Å². The number of rotatable bonds is 6. The molecule has 0 heterocycles. The summed E-state index contributed by atoms with van der Waals surface area (Å²) < 4.78 is 18.4. The Labute approximate surface area is 170 Å². The molecule has 0 aliphatic heterocycles. The monoisotopic (exact) mass is 398 g/mol. The van der Waals surface area contributed by atoms with Crippen molar-refractivity contribution in [2.24, 2.45) is 5.92 Å². The minimum Gasteiger partial charge on any atom is -0.496 e. The summed E-state index contributed by atoms with van der Waals surface area (Å²) in [6, 6.07) is 10.3. The number of nitrogens with one attached hydrogen (secondary N) is 1. The summed E-state index contributed by atoms with van der Waals surface area (Å²) >= 11 is 0. The van der Waals surface area contributed by atoms with Gasteiger partial charge in [0, 0.05) is 30.9 Å². The smallest absolute Gasteiger partial charge is 0.257 e. The average Bonchev–Trinajstić information content (AvgIpc) is 2.74. The second-order valence-electron chi connectivity index (χ2n) is 7.57. The van der Waals surface area contributed by atoms with E-state index in [9.17, 15) is 14.0 Å². The van der Waals surface area contributed by atoms with E-state index in [1.165, 1.54) is 63.5 Å². The number of benzene rings is 2. The third kappa shape index (κ3) is 5.34. The minimum atomic E-state index is -0.400. The van der Waals surface area contributed by atoms with E-state index in [1.807, 2.05) is 7.05 Å².